The summed E-state index contributed by atoms with van der Waals surface area (Å²) in [5, 5.41) is 3.12. The van der Waals surface area contributed by atoms with Gasteiger partial charge in [0, 0.05) is 26.7 Å². The fraction of sp³-hybridized carbons (Fsp3) is 0.500. The van der Waals surface area contributed by atoms with Crippen LogP contribution in [-0.2, 0) is 11.3 Å². The number of pyridine rings is 1. The Kier molecular flexibility index (Phi) is 4.90. The molecule has 1 aromatic heterocycles. The summed E-state index contributed by atoms with van der Waals surface area (Å²) in [6.07, 6.45) is 0. The number of nitrogens with zero attached hydrogens (tertiary/aromatic N) is 2. The van der Waals surface area contributed by atoms with Crippen LogP contribution in [0.5, 0.6) is 5.88 Å². The van der Waals surface area contributed by atoms with Crippen LogP contribution in [0.15, 0.2) is 18.2 Å². The number of ether oxygens (including phenoxy) is 1. The highest BCUT2D eigenvalue weighted by atomic mass is 16.5. The number of likely N-dealkylation sites (N-methyl/N-ethyl adjacent to an activating group) is 1. The summed E-state index contributed by atoms with van der Waals surface area (Å²) in [5.41, 5.74) is 0.850. The van der Waals surface area contributed by atoms with Crippen molar-refractivity contribution >= 4 is 5.91 Å². The Bertz CT molecular complexity index is 380. The van der Waals surface area contributed by atoms with Crippen LogP contribution in [0, 0.1) is 0 Å². The van der Waals surface area contributed by atoms with Crippen LogP contribution in [0.3, 0.4) is 0 Å². The number of carbonyl (C=O) groups is 1. The Morgan fingerprint density at radius 1 is 1.53 bits per heavy atom. The average Bonchev–Trinajstić information content (AvgIpc) is 2.35. The molecule has 1 heterocycles. The van der Waals surface area contributed by atoms with Crippen LogP contribution in [0.25, 0.3) is 0 Å². The smallest absolute Gasteiger partial charge is 0.238 e. The van der Waals surface area contributed by atoms with Crippen LogP contribution in [-0.4, -0.2) is 43.0 Å². The molecule has 0 radical (unpaired) electrons. The van der Waals surface area contributed by atoms with E-state index < -0.39 is 0 Å². The van der Waals surface area contributed by atoms with Gasteiger partial charge in [0.05, 0.1) is 18.8 Å². The summed E-state index contributed by atoms with van der Waals surface area (Å²) < 4.78 is 5.03. The third kappa shape index (κ3) is 4.03. The molecule has 1 unspecified atom stereocenters. The lowest BCUT2D eigenvalue weighted by Crippen LogP contribution is -2.41. The van der Waals surface area contributed by atoms with E-state index in [0.717, 1.165) is 5.69 Å². The van der Waals surface area contributed by atoms with Gasteiger partial charge in [-0.3, -0.25) is 4.79 Å². The number of aromatic nitrogens is 1. The number of carbonyl (C=O) groups excluding carboxylic acids is 1. The topological polar surface area (TPSA) is 54.5 Å². The molecule has 17 heavy (non-hydrogen) atoms. The zero-order valence-corrected chi connectivity index (χ0v) is 10.7. The maximum atomic E-state index is 11.6. The molecule has 0 fully saturated rings. The molecule has 1 aromatic rings. The van der Waals surface area contributed by atoms with Crippen molar-refractivity contribution in [3.63, 3.8) is 0 Å². The maximum absolute atomic E-state index is 11.6. The molecule has 0 saturated heterocycles. The highest BCUT2D eigenvalue weighted by molar-refractivity contribution is 5.80. The third-order valence-corrected chi connectivity index (χ3v) is 2.39. The summed E-state index contributed by atoms with van der Waals surface area (Å²) in [6.45, 7) is 2.38. The lowest BCUT2D eigenvalue weighted by molar-refractivity contribution is -0.130. The molecule has 0 bridgehead atoms. The highest BCUT2D eigenvalue weighted by Crippen LogP contribution is 2.06. The van der Waals surface area contributed by atoms with Crippen molar-refractivity contribution in [2.75, 3.05) is 21.2 Å². The van der Waals surface area contributed by atoms with Crippen LogP contribution in [0.1, 0.15) is 12.6 Å². The van der Waals surface area contributed by atoms with Crippen molar-refractivity contribution in [3.8, 4) is 5.88 Å². The molecule has 0 aromatic carbocycles. The molecule has 5 heteroatoms. The Labute approximate surface area is 102 Å². The van der Waals surface area contributed by atoms with Crippen molar-refractivity contribution in [1.82, 2.24) is 15.2 Å². The van der Waals surface area contributed by atoms with Crippen LogP contribution in [0.2, 0.25) is 0 Å². The van der Waals surface area contributed by atoms with Gasteiger partial charge in [0.1, 0.15) is 0 Å². The van der Waals surface area contributed by atoms with Gasteiger partial charge in [0.2, 0.25) is 11.8 Å². The molecule has 1 N–H and O–H groups in total. The number of rotatable bonds is 5. The van der Waals surface area contributed by atoms with E-state index in [0.29, 0.717) is 12.4 Å². The van der Waals surface area contributed by atoms with Crippen molar-refractivity contribution in [2.24, 2.45) is 0 Å². The minimum Gasteiger partial charge on any atom is -0.481 e. The van der Waals surface area contributed by atoms with Gasteiger partial charge in [-0.25, -0.2) is 4.98 Å². The zero-order chi connectivity index (χ0) is 12.8. The van der Waals surface area contributed by atoms with Crippen molar-refractivity contribution in [3.05, 3.63) is 23.9 Å². The van der Waals surface area contributed by atoms with Gasteiger partial charge in [-0.05, 0) is 13.0 Å². The molecule has 1 amide bonds. The van der Waals surface area contributed by atoms with Crippen molar-refractivity contribution < 1.29 is 9.53 Å². The van der Waals surface area contributed by atoms with Gasteiger partial charge in [-0.1, -0.05) is 6.07 Å². The first-order valence-corrected chi connectivity index (χ1v) is 5.49. The molecular weight excluding hydrogens is 218 g/mol. The molecule has 0 aliphatic carbocycles. The molecule has 94 valence electrons. The van der Waals surface area contributed by atoms with E-state index in [1.54, 1.807) is 32.2 Å². The van der Waals surface area contributed by atoms with Gasteiger partial charge in [-0.2, -0.15) is 0 Å². The van der Waals surface area contributed by atoms with E-state index in [-0.39, 0.29) is 11.9 Å². The average molecular weight is 237 g/mol. The number of amides is 1. The zero-order valence-electron chi connectivity index (χ0n) is 10.7. The summed E-state index contributed by atoms with van der Waals surface area (Å²) in [5.74, 6) is 0.629. The molecule has 0 aliphatic rings. The molecule has 0 saturated carbocycles. The summed E-state index contributed by atoms with van der Waals surface area (Å²) in [4.78, 5) is 17.4. The second-order valence-electron chi connectivity index (χ2n) is 4.01. The molecule has 5 nitrogen and oxygen atoms in total. The van der Waals surface area contributed by atoms with Gasteiger partial charge >= 0.3 is 0 Å². The second kappa shape index (κ2) is 6.20. The largest absolute Gasteiger partial charge is 0.481 e. The Morgan fingerprint density at radius 3 is 2.82 bits per heavy atom. The standard InChI is InChI=1S/C12H19N3O2/c1-9(12(16)15(2)3)13-8-10-6-5-7-11(14-10)17-4/h5-7,9,13H,8H2,1-4H3. The van der Waals surface area contributed by atoms with E-state index in [4.69, 9.17) is 4.74 Å². The van der Waals surface area contributed by atoms with Crippen molar-refractivity contribution in [2.45, 2.75) is 19.5 Å². The Hall–Kier alpha value is -1.62. The molecule has 1 atom stereocenters. The number of nitrogens with one attached hydrogen (secondary N) is 1. The van der Waals surface area contributed by atoms with E-state index >= 15 is 0 Å². The molecular formula is C12H19N3O2. The maximum Gasteiger partial charge on any atom is 0.238 e. The number of hydrogen-bond donors (Lipinski definition) is 1. The SMILES string of the molecule is COc1cccc(CNC(C)C(=O)N(C)C)n1. The highest BCUT2D eigenvalue weighted by Gasteiger charge is 2.13. The van der Waals surface area contributed by atoms with Gasteiger partial charge in [0.25, 0.3) is 0 Å². The lowest BCUT2D eigenvalue weighted by atomic mass is 10.2. The van der Waals surface area contributed by atoms with E-state index in [9.17, 15) is 4.79 Å². The van der Waals surface area contributed by atoms with E-state index in [1.165, 1.54) is 0 Å². The Balaban J connectivity index is 2.52. The summed E-state index contributed by atoms with van der Waals surface area (Å²) in [6, 6.07) is 5.33. The normalized spacial score (nSPS) is 12.0. The quantitative estimate of drug-likeness (QED) is 0.817. The molecule has 1 rings (SSSR count). The minimum atomic E-state index is -0.224. The minimum absolute atomic E-state index is 0.0490. The lowest BCUT2D eigenvalue weighted by Gasteiger charge is -2.17. The van der Waals surface area contributed by atoms with Gasteiger partial charge in [0.15, 0.2) is 0 Å². The van der Waals surface area contributed by atoms with Crippen molar-refractivity contribution in [1.29, 1.82) is 0 Å². The fourth-order valence-electron chi connectivity index (χ4n) is 1.40. The first kappa shape index (κ1) is 13.4. The number of hydrogen-bond acceptors (Lipinski definition) is 4. The summed E-state index contributed by atoms with van der Waals surface area (Å²) >= 11 is 0. The predicted molar refractivity (Wildman–Crippen MR) is 65.8 cm³/mol. The second-order valence-corrected chi connectivity index (χ2v) is 4.01. The molecule has 0 aliphatic heterocycles. The van der Waals surface area contributed by atoms with Crippen LogP contribution in [0.4, 0.5) is 0 Å². The van der Waals surface area contributed by atoms with E-state index in [2.05, 4.69) is 10.3 Å². The third-order valence-electron chi connectivity index (χ3n) is 2.39. The first-order chi connectivity index (χ1) is 8.04. The van der Waals surface area contributed by atoms with Crippen LogP contribution < -0.4 is 10.1 Å². The van der Waals surface area contributed by atoms with E-state index in [1.807, 2.05) is 19.1 Å². The Morgan fingerprint density at radius 2 is 2.24 bits per heavy atom. The summed E-state index contributed by atoms with van der Waals surface area (Å²) in [7, 11) is 5.06. The molecule has 0 spiro atoms. The fourth-order valence-corrected chi connectivity index (χ4v) is 1.40. The predicted octanol–water partition coefficient (Wildman–Crippen LogP) is 0.656. The number of methoxy groups -OCH3 is 1. The van der Waals surface area contributed by atoms with Crippen LogP contribution >= 0.6 is 0 Å². The van der Waals surface area contributed by atoms with Gasteiger partial charge in [-0.15, -0.1) is 0 Å². The van der Waals surface area contributed by atoms with Gasteiger partial charge < -0.3 is 15.0 Å². The first-order valence-electron chi connectivity index (χ1n) is 5.49. The monoisotopic (exact) mass is 237 g/mol.